The molecule has 0 spiro atoms. The number of hydrogen-bond acceptors (Lipinski definition) is 5. The van der Waals surface area contributed by atoms with Crippen LogP contribution in [0.15, 0.2) is 18.2 Å². The van der Waals surface area contributed by atoms with Crippen molar-refractivity contribution in [3.05, 3.63) is 18.2 Å². The van der Waals surface area contributed by atoms with Crippen molar-refractivity contribution in [1.82, 2.24) is 4.90 Å². The Balaban J connectivity index is 1.46. The second kappa shape index (κ2) is 6.30. The van der Waals surface area contributed by atoms with E-state index in [9.17, 15) is 14.4 Å². The number of ether oxygens (including phenoxy) is 2. The Morgan fingerprint density at radius 3 is 2.35 bits per heavy atom. The van der Waals surface area contributed by atoms with Gasteiger partial charge in [0.05, 0.1) is 31.7 Å². The minimum atomic E-state index is -0.414. The molecular weight excluding hydrogens is 336 g/mol. The maximum absolute atomic E-state index is 12.7. The molecule has 2 aliphatic carbocycles. The quantitative estimate of drug-likeness (QED) is 0.810. The third-order valence-corrected chi connectivity index (χ3v) is 6.00. The molecule has 1 aliphatic heterocycles. The highest BCUT2D eigenvalue weighted by atomic mass is 16.5. The zero-order valence-corrected chi connectivity index (χ0v) is 14.9. The number of benzene rings is 1. The number of nitrogens with zero attached hydrogens (tertiary/aromatic N) is 1. The molecule has 0 aromatic heterocycles. The molecule has 3 aliphatic rings. The van der Waals surface area contributed by atoms with E-state index >= 15 is 0 Å². The van der Waals surface area contributed by atoms with Crippen LogP contribution in [0.5, 0.6) is 11.5 Å². The van der Waals surface area contributed by atoms with Crippen LogP contribution in [0.4, 0.5) is 5.69 Å². The minimum absolute atomic E-state index is 0.177. The molecule has 1 saturated heterocycles. The molecule has 1 N–H and O–H groups in total. The van der Waals surface area contributed by atoms with Crippen LogP contribution in [-0.2, 0) is 14.4 Å². The topological polar surface area (TPSA) is 84.9 Å². The lowest BCUT2D eigenvalue weighted by atomic mass is 9.81. The maximum atomic E-state index is 12.7. The van der Waals surface area contributed by atoms with Gasteiger partial charge in [-0.25, -0.2) is 0 Å². The van der Waals surface area contributed by atoms with E-state index in [2.05, 4.69) is 5.32 Å². The smallest absolute Gasteiger partial charge is 0.244 e. The van der Waals surface area contributed by atoms with E-state index in [0.717, 1.165) is 24.2 Å². The number of likely N-dealkylation sites (tertiary alicyclic amines) is 1. The molecule has 1 aromatic carbocycles. The fraction of sp³-hybridized carbons (Fsp3) is 0.526. The van der Waals surface area contributed by atoms with Gasteiger partial charge in [0.15, 0.2) is 0 Å². The summed E-state index contributed by atoms with van der Waals surface area (Å²) in [7, 11) is 3.04. The van der Waals surface area contributed by atoms with Crippen molar-refractivity contribution in [3.8, 4) is 11.5 Å². The van der Waals surface area contributed by atoms with Gasteiger partial charge in [0, 0.05) is 6.07 Å². The van der Waals surface area contributed by atoms with Crippen molar-refractivity contribution in [1.29, 1.82) is 0 Å². The highest BCUT2D eigenvalue weighted by Gasteiger charge is 2.60. The van der Waals surface area contributed by atoms with Gasteiger partial charge < -0.3 is 14.8 Å². The predicted molar refractivity (Wildman–Crippen MR) is 92.7 cm³/mol. The molecule has 7 heteroatoms. The van der Waals surface area contributed by atoms with Gasteiger partial charge in [0.1, 0.15) is 18.0 Å². The van der Waals surface area contributed by atoms with E-state index in [1.54, 1.807) is 25.3 Å². The minimum Gasteiger partial charge on any atom is -0.497 e. The third-order valence-electron chi connectivity index (χ3n) is 6.00. The first kappa shape index (κ1) is 16.9. The number of rotatable bonds is 5. The molecule has 1 aromatic rings. The summed E-state index contributed by atoms with van der Waals surface area (Å²) in [5.41, 5.74) is 0.470. The average Bonchev–Trinajstić information content (AvgIpc) is 3.32. The standard InChI is InChI=1S/C19H22N2O5/c1-25-12-5-6-13(14(8-12)26-2)20-15(22)9-21-18(23)16-10-3-4-11(7-10)17(16)19(21)24/h5-6,8,10-11,16-17H,3-4,7,9H2,1-2H3,(H,20,22)/t10-,11+,16+,17-. The summed E-state index contributed by atoms with van der Waals surface area (Å²) >= 11 is 0. The second-order valence-electron chi connectivity index (χ2n) is 7.26. The summed E-state index contributed by atoms with van der Waals surface area (Å²) in [6.07, 6.45) is 3.03. The number of methoxy groups -OCH3 is 2. The van der Waals surface area contributed by atoms with Crippen LogP contribution < -0.4 is 14.8 Å². The number of hydrogen-bond donors (Lipinski definition) is 1. The van der Waals surface area contributed by atoms with Gasteiger partial charge in [-0.15, -0.1) is 0 Å². The molecule has 138 valence electrons. The molecule has 2 saturated carbocycles. The van der Waals surface area contributed by atoms with Crippen LogP contribution in [-0.4, -0.2) is 43.4 Å². The Hall–Kier alpha value is -2.57. The van der Waals surface area contributed by atoms with Crippen LogP contribution in [0, 0.1) is 23.7 Å². The van der Waals surface area contributed by atoms with Crippen molar-refractivity contribution in [2.45, 2.75) is 19.3 Å². The highest BCUT2D eigenvalue weighted by molar-refractivity contribution is 6.09. The van der Waals surface area contributed by atoms with Gasteiger partial charge in [-0.3, -0.25) is 19.3 Å². The molecular formula is C19H22N2O5. The first-order valence-electron chi connectivity index (χ1n) is 8.90. The van der Waals surface area contributed by atoms with Crippen LogP contribution in [0.2, 0.25) is 0 Å². The molecule has 1 heterocycles. The van der Waals surface area contributed by atoms with Crippen molar-refractivity contribution in [2.75, 3.05) is 26.1 Å². The van der Waals surface area contributed by atoms with Crippen LogP contribution in [0.1, 0.15) is 19.3 Å². The SMILES string of the molecule is COc1ccc(NC(=O)CN2C(=O)[C@@H]3[C@H]4CC[C@H](C4)[C@@H]3C2=O)c(OC)c1. The lowest BCUT2D eigenvalue weighted by Gasteiger charge is -2.19. The Morgan fingerprint density at radius 2 is 1.77 bits per heavy atom. The number of anilines is 1. The lowest BCUT2D eigenvalue weighted by Crippen LogP contribution is -2.39. The van der Waals surface area contributed by atoms with Gasteiger partial charge in [0.2, 0.25) is 17.7 Å². The molecule has 0 unspecified atom stereocenters. The van der Waals surface area contributed by atoms with Gasteiger partial charge in [-0.05, 0) is 43.2 Å². The Morgan fingerprint density at radius 1 is 1.12 bits per heavy atom. The van der Waals surface area contributed by atoms with Crippen molar-refractivity contribution in [3.63, 3.8) is 0 Å². The van der Waals surface area contributed by atoms with Gasteiger partial charge in [-0.1, -0.05) is 0 Å². The van der Waals surface area contributed by atoms with Crippen LogP contribution >= 0.6 is 0 Å². The number of carbonyl (C=O) groups excluding carboxylic acids is 3. The first-order chi connectivity index (χ1) is 12.5. The zero-order valence-electron chi connectivity index (χ0n) is 14.9. The van der Waals surface area contributed by atoms with Gasteiger partial charge in [0.25, 0.3) is 0 Å². The average molecular weight is 358 g/mol. The fourth-order valence-corrected chi connectivity index (χ4v) is 4.86. The molecule has 7 nitrogen and oxygen atoms in total. The molecule has 2 bridgehead atoms. The molecule has 4 rings (SSSR count). The third kappa shape index (κ3) is 2.53. The number of carbonyl (C=O) groups is 3. The number of fused-ring (bicyclic) bond motifs is 5. The summed E-state index contributed by atoms with van der Waals surface area (Å²) in [4.78, 5) is 38.9. The number of nitrogens with one attached hydrogen (secondary N) is 1. The van der Waals surface area contributed by atoms with Crippen molar-refractivity contribution in [2.24, 2.45) is 23.7 Å². The molecule has 0 radical (unpaired) electrons. The van der Waals surface area contributed by atoms with Gasteiger partial charge in [-0.2, -0.15) is 0 Å². The first-order valence-corrected chi connectivity index (χ1v) is 8.90. The Labute approximate surface area is 151 Å². The zero-order chi connectivity index (χ0) is 18.4. The largest absolute Gasteiger partial charge is 0.497 e. The molecule has 3 amide bonds. The van der Waals surface area contributed by atoms with E-state index in [1.165, 1.54) is 7.11 Å². The number of amides is 3. The second-order valence-corrected chi connectivity index (χ2v) is 7.26. The summed E-state index contributed by atoms with van der Waals surface area (Å²) in [5.74, 6) is 0.511. The Bertz CT molecular complexity index is 749. The monoisotopic (exact) mass is 358 g/mol. The van der Waals surface area contributed by atoms with E-state index in [0.29, 0.717) is 29.0 Å². The highest BCUT2D eigenvalue weighted by Crippen LogP contribution is 2.56. The Kier molecular flexibility index (Phi) is 4.09. The predicted octanol–water partition coefficient (Wildman–Crippen LogP) is 1.67. The van der Waals surface area contributed by atoms with E-state index in [4.69, 9.17) is 9.47 Å². The lowest BCUT2D eigenvalue weighted by molar-refractivity contribution is -0.143. The van der Waals surface area contributed by atoms with Crippen molar-refractivity contribution < 1.29 is 23.9 Å². The summed E-state index contributed by atoms with van der Waals surface area (Å²) in [5, 5.41) is 2.72. The summed E-state index contributed by atoms with van der Waals surface area (Å²) in [6.45, 7) is -0.251. The molecule has 4 atom stereocenters. The van der Waals surface area contributed by atoms with E-state index in [-0.39, 0.29) is 30.2 Å². The van der Waals surface area contributed by atoms with Crippen molar-refractivity contribution >= 4 is 23.4 Å². The van der Waals surface area contributed by atoms with Gasteiger partial charge >= 0.3 is 0 Å². The molecule has 3 fully saturated rings. The fourth-order valence-electron chi connectivity index (χ4n) is 4.86. The van der Waals surface area contributed by atoms with Crippen LogP contribution in [0.25, 0.3) is 0 Å². The van der Waals surface area contributed by atoms with E-state index < -0.39 is 5.91 Å². The maximum Gasteiger partial charge on any atom is 0.244 e. The molecule has 26 heavy (non-hydrogen) atoms. The van der Waals surface area contributed by atoms with E-state index in [1.807, 2.05) is 0 Å². The van der Waals surface area contributed by atoms with Crippen LogP contribution in [0.3, 0.4) is 0 Å². The number of imide groups is 1. The normalized spacial score (nSPS) is 29.1. The summed E-state index contributed by atoms with van der Waals surface area (Å²) < 4.78 is 10.4. The summed E-state index contributed by atoms with van der Waals surface area (Å²) in [6, 6.07) is 5.02.